The van der Waals surface area contributed by atoms with Crippen LogP contribution < -0.4 is 28.4 Å². The zero-order valence-electron chi connectivity index (χ0n) is 25.2. The fraction of sp³-hybridized carbons (Fsp3) is 0.407. The molecule has 45 heavy (non-hydrogen) atoms. The van der Waals surface area contributed by atoms with Crippen LogP contribution >= 0.6 is 0 Å². The molecule has 0 saturated heterocycles. The molecule has 0 bridgehead atoms. The third-order valence-electron chi connectivity index (χ3n) is 5.50. The predicted octanol–water partition coefficient (Wildman–Crippen LogP) is 3.92. The second kappa shape index (κ2) is 19.0. The van der Waals surface area contributed by atoms with Crippen molar-refractivity contribution in [3.63, 3.8) is 0 Å². The minimum atomic E-state index is -1.28. The quantitative estimate of drug-likeness (QED) is 0.0978. The smallest absolute Gasteiger partial charge is 0.496 e. The standard InChI is InChI=1S/C27H32O18/c1-32-18-14-22(36-5)20(34-3)12-16(18)24(28)40-44-42-26(30)38-10-8-7-9-11-39-27(31)43-45-41-25(29)17-13-21(35-4)23(37-6)15-19(17)33-2/h12-15H,7-11H2,1-6H3. The van der Waals surface area contributed by atoms with E-state index in [1.807, 2.05) is 0 Å². The summed E-state index contributed by atoms with van der Waals surface area (Å²) in [4.78, 5) is 65.0. The van der Waals surface area contributed by atoms with Gasteiger partial charge in [0.15, 0.2) is 23.0 Å². The number of rotatable bonds is 18. The normalized spacial score (nSPS) is 10.1. The lowest BCUT2D eigenvalue weighted by Crippen LogP contribution is -2.14. The van der Waals surface area contributed by atoms with Crippen molar-refractivity contribution in [2.24, 2.45) is 0 Å². The second-order valence-electron chi connectivity index (χ2n) is 8.12. The maximum Gasteiger partial charge on any atom is 0.543 e. The Kier molecular flexibility index (Phi) is 15.2. The minimum absolute atomic E-state index is 0.0872. The van der Waals surface area contributed by atoms with E-state index >= 15 is 0 Å². The third kappa shape index (κ3) is 11.0. The molecule has 18 heteroatoms. The molecule has 0 aliphatic carbocycles. The average Bonchev–Trinajstić information content (AvgIpc) is 3.06. The second-order valence-corrected chi connectivity index (χ2v) is 8.12. The summed E-state index contributed by atoms with van der Waals surface area (Å²) in [7, 11) is 8.19. The number of unbranched alkanes of at least 4 members (excludes halogenated alkanes) is 2. The van der Waals surface area contributed by atoms with E-state index in [0.29, 0.717) is 30.8 Å². The summed E-state index contributed by atoms with van der Waals surface area (Å²) in [6.07, 6.45) is -1.42. The van der Waals surface area contributed by atoms with Gasteiger partial charge in [0.25, 0.3) is 0 Å². The van der Waals surface area contributed by atoms with Crippen LogP contribution in [0.5, 0.6) is 34.5 Å². The SMILES string of the molecule is COc1cc(OC)c(C(=O)OOOC(=O)OCCCCCOC(=O)OOOC(=O)c2cc(OC)c(OC)cc2OC)cc1OC. The first-order valence-corrected chi connectivity index (χ1v) is 12.8. The fourth-order valence-corrected chi connectivity index (χ4v) is 3.36. The number of methoxy groups -OCH3 is 6. The molecule has 2 rings (SSSR count). The van der Waals surface area contributed by atoms with Crippen LogP contribution in [0.15, 0.2) is 24.3 Å². The first-order chi connectivity index (χ1) is 21.7. The van der Waals surface area contributed by atoms with Crippen molar-refractivity contribution in [2.75, 3.05) is 55.9 Å². The van der Waals surface area contributed by atoms with Crippen molar-refractivity contribution in [1.82, 2.24) is 0 Å². The van der Waals surface area contributed by atoms with Gasteiger partial charge in [-0.25, -0.2) is 29.0 Å². The van der Waals surface area contributed by atoms with Crippen LogP contribution in [0.4, 0.5) is 9.59 Å². The van der Waals surface area contributed by atoms with E-state index in [1.54, 1.807) is 0 Å². The largest absolute Gasteiger partial charge is 0.543 e. The van der Waals surface area contributed by atoms with Crippen LogP contribution in [0.1, 0.15) is 40.0 Å². The van der Waals surface area contributed by atoms with Crippen LogP contribution in [0.2, 0.25) is 0 Å². The molecular weight excluding hydrogens is 612 g/mol. The number of carbonyl (C=O) groups is 4. The number of hydrogen-bond acceptors (Lipinski definition) is 18. The van der Waals surface area contributed by atoms with Crippen molar-refractivity contribution in [3.8, 4) is 34.5 Å². The Morgan fingerprint density at radius 3 is 1.11 bits per heavy atom. The van der Waals surface area contributed by atoms with E-state index in [2.05, 4.69) is 29.6 Å². The molecule has 248 valence electrons. The van der Waals surface area contributed by atoms with Gasteiger partial charge in [0.2, 0.25) is 0 Å². The summed E-state index contributed by atoms with van der Waals surface area (Å²) >= 11 is 0. The van der Waals surface area contributed by atoms with Gasteiger partial charge in [-0.05, 0) is 19.3 Å². The first-order valence-electron chi connectivity index (χ1n) is 12.8. The number of hydrogen-bond donors (Lipinski definition) is 0. The van der Waals surface area contributed by atoms with Gasteiger partial charge in [0, 0.05) is 24.3 Å². The van der Waals surface area contributed by atoms with E-state index in [9.17, 15) is 19.2 Å². The van der Waals surface area contributed by atoms with Gasteiger partial charge < -0.3 is 37.9 Å². The zero-order chi connectivity index (χ0) is 33.2. The van der Waals surface area contributed by atoms with E-state index in [0.717, 1.165) is 0 Å². The summed E-state index contributed by atoms with van der Waals surface area (Å²) in [5, 5.41) is 8.37. The van der Waals surface area contributed by atoms with E-state index < -0.39 is 24.2 Å². The molecular formula is C27H32O18. The topological polar surface area (TPSA) is 197 Å². The van der Waals surface area contributed by atoms with Crippen LogP contribution in [0.3, 0.4) is 0 Å². The number of carbonyl (C=O) groups excluding carboxylic acids is 4. The Morgan fingerprint density at radius 2 is 0.778 bits per heavy atom. The van der Waals surface area contributed by atoms with Gasteiger partial charge in [-0.15, -0.1) is 0 Å². The van der Waals surface area contributed by atoms with Crippen LogP contribution in [0.25, 0.3) is 0 Å². The molecule has 0 aliphatic rings. The van der Waals surface area contributed by atoms with Crippen molar-refractivity contribution in [1.29, 1.82) is 0 Å². The molecule has 0 spiro atoms. The van der Waals surface area contributed by atoms with Crippen molar-refractivity contribution < 1.29 is 86.7 Å². The molecule has 2 aromatic rings. The van der Waals surface area contributed by atoms with Gasteiger partial charge in [-0.1, -0.05) is 0 Å². The van der Waals surface area contributed by atoms with Gasteiger partial charge >= 0.3 is 24.2 Å². The Labute approximate surface area is 256 Å². The molecule has 2 aromatic carbocycles. The molecule has 0 aromatic heterocycles. The van der Waals surface area contributed by atoms with Crippen molar-refractivity contribution in [2.45, 2.75) is 19.3 Å². The van der Waals surface area contributed by atoms with Crippen molar-refractivity contribution >= 4 is 24.2 Å². The maximum absolute atomic E-state index is 12.3. The highest BCUT2D eigenvalue weighted by Crippen LogP contribution is 2.36. The van der Waals surface area contributed by atoms with Gasteiger partial charge in [-0.2, -0.15) is 0 Å². The Morgan fingerprint density at radius 1 is 0.444 bits per heavy atom. The van der Waals surface area contributed by atoms with Gasteiger partial charge in [0.05, 0.1) is 65.9 Å². The van der Waals surface area contributed by atoms with E-state index in [1.165, 1.54) is 66.9 Å². The average molecular weight is 645 g/mol. The number of benzene rings is 2. The summed E-state index contributed by atoms with van der Waals surface area (Å²) in [6.45, 7) is -0.189. The highest BCUT2D eigenvalue weighted by Gasteiger charge is 2.22. The van der Waals surface area contributed by atoms with E-state index in [4.69, 9.17) is 37.9 Å². The van der Waals surface area contributed by atoms with Crippen LogP contribution in [-0.2, 0) is 39.1 Å². The van der Waals surface area contributed by atoms with Crippen LogP contribution in [-0.4, -0.2) is 80.1 Å². The highest BCUT2D eigenvalue weighted by molar-refractivity contribution is 5.93. The first kappa shape index (κ1) is 35.8. The molecule has 0 aliphatic heterocycles. The molecule has 0 atom stereocenters. The molecule has 0 saturated carbocycles. The van der Waals surface area contributed by atoms with Gasteiger partial charge in [-0.3, -0.25) is 9.78 Å². The molecule has 0 radical (unpaired) electrons. The molecule has 18 nitrogen and oxygen atoms in total. The third-order valence-corrected chi connectivity index (χ3v) is 5.50. The molecule has 0 N–H and O–H groups in total. The Bertz CT molecular complexity index is 1200. The summed E-state index contributed by atoms with van der Waals surface area (Å²) < 4.78 is 40.2. The highest BCUT2D eigenvalue weighted by atomic mass is 17.5. The summed E-state index contributed by atoms with van der Waals surface area (Å²) in [5.41, 5.74) is -0.192. The minimum Gasteiger partial charge on any atom is -0.496 e. The predicted molar refractivity (Wildman–Crippen MR) is 144 cm³/mol. The lowest BCUT2D eigenvalue weighted by molar-refractivity contribution is -0.452. The molecule has 0 amide bonds. The fourth-order valence-electron chi connectivity index (χ4n) is 3.36. The van der Waals surface area contributed by atoms with Gasteiger partial charge in [0.1, 0.15) is 22.6 Å². The van der Waals surface area contributed by atoms with Crippen molar-refractivity contribution in [3.05, 3.63) is 35.4 Å². The zero-order valence-corrected chi connectivity index (χ0v) is 25.2. The Balaban J connectivity index is 1.58. The summed E-state index contributed by atoms with van der Waals surface area (Å²) in [5.74, 6) is -0.888. The monoisotopic (exact) mass is 644 g/mol. The Hall–Kier alpha value is -5.36. The number of ether oxygens (including phenoxy) is 8. The van der Waals surface area contributed by atoms with E-state index in [-0.39, 0.29) is 47.3 Å². The summed E-state index contributed by atoms with van der Waals surface area (Å²) in [6, 6.07) is 5.35. The lowest BCUT2D eigenvalue weighted by Gasteiger charge is -2.12. The maximum atomic E-state index is 12.3. The molecule has 0 unspecified atom stereocenters. The molecule has 0 fully saturated rings. The van der Waals surface area contributed by atoms with Crippen LogP contribution in [0, 0.1) is 0 Å². The molecule has 0 heterocycles. The lowest BCUT2D eigenvalue weighted by atomic mass is 10.1.